The van der Waals surface area contributed by atoms with E-state index >= 15 is 0 Å². The zero-order valence-corrected chi connectivity index (χ0v) is 21.6. The number of carbonyl (C=O) groups is 1. The third kappa shape index (κ3) is 3.65. The van der Waals surface area contributed by atoms with Crippen LogP contribution in [0.1, 0.15) is 59.2 Å². The highest BCUT2D eigenvalue weighted by Gasteiger charge is 2.56. The fourth-order valence-corrected chi connectivity index (χ4v) is 6.90. The van der Waals surface area contributed by atoms with Gasteiger partial charge < -0.3 is 10.1 Å². The molecule has 1 heterocycles. The van der Waals surface area contributed by atoms with Crippen LogP contribution in [-0.4, -0.2) is 18.0 Å². The number of nitriles is 1. The van der Waals surface area contributed by atoms with Crippen molar-refractivity contribution in [2.45, 2.75) is 37.5 Å². The molecule has 0 saturated carbocycles. The van der Waals surface area contributed by atoms with Gasteiger partial charge in [-0.3, -0.25) is 4.79 Å². The normalized spacial score (nSPS) is 23.3. The van der Waals surface area contributed by atoms with E-state index in [1.54, 1.807) is 7.11 Å². The van der Waals surface area contributed by atoms with Gasteiger partial charge in [0, 0.05) is 17.7 Å². The highest BCUT2D eigenvalue weighted by atomic mass is 32.1. The van der Waals surface area contributed by atoms with Crippen LogP contribution in [0.4, 0.5) is 5.13 Å². The van der Waals surface area contributed by atoms with Gasteiger partial charge in [-0.1, -0.05) is 60.7 Å². The maximum atomic E-state index is 14.0. The molecule has 3 aromatic carbocycles. The Morgan fingerprint density at radius 1 is 1.05 bits per heavy atom. The first kappa shape index (κ1) is 23.4. The number of nitrogens with one attached hydrogen (secondary N) is 1. The maximum Gasteiger partial charge on any atom is 0.233 e. The minimum Gasteiger partial charge on any atom is -0.497 e. The van der Waals surface area contributed by atoms with Crippen LogP contribution in [0.3, 0.4) is 0 Å². The lowest BCUT2D eigenvalue weighted by atomic mass is 9.62. The Labute approximate surface area is 220 Å². The lowest BCUT2D eigenvalue weighted by molar-refractivity contribution is -0.125. The summed E-state index contributed by atoms with van der Waals surface area (Å²) in [6.07, 6.45) is 1.88. The zero-order valence-electron chi connectivity index (χ0n) is 20.8. The summed E-state index contributed by atoms with van der Waals surface area (Å²) < 4.78 is 5.24. The zero-order chi connectivity index (χ0) is 25.6. The van der Waals surface area contributed by atoms with Crippen LogP contribution in [0.5, 0.6) is 5.75 Å². The predicted molar refractivity (Wildman–Crippen MR) is 145 cm³/mol. The summed E-state index contributed by atoms with van der Waals surface area (Å²) >= 11 is 1.45. The molecule has 3 aliphatic rings. The van der Waals surface area contributed by atoms with E-state index in [-0.39, 0.29) is 11.8 Å². The van der Waals surface area contributed by atoms with Crippen molar-refractivity contribution in [1.82, 2.24) is 4.98 Å². The Balaban J connectivity index is 1.32. The molecule has 2 bridgehead atoms. The van der Waals surface area contributed by atoms with Crippen molar-refractivity contribution in [3.63, 3.8) is 0 Å². The fraction of sp³-hybridized carbons (Fsp3) is 0.258. The number of thiazole rings is 1. The van der Waals surface area contributed by atoms with Gasteiger partial charge in [-0.25, -0.2) is 4.98 Å². The summed E-state index contributed by atoms with van der Waals surface area (Å²) in [6, 6.07) is 26.9. The number of fused-ring (bicyclic) bond motifs is 2. The molecular weight excluding hydrogens is 478 g/mol. The van der Waals surface area contributed by atoms with Crippen molar-refractivity contribution < 1.29 is 9.53 Å². The molecule has 1 atom stereocenters. The maximum absolute atomic E-state index is 14.0. The Hall–Kier alpha value is -3.95. The van der Waals surface area contributed by atoms with Gasteiger partial charge >= 0.3 is 0 Å². The van der Waals surface area contributed by atoms with Crippen LogP contribution in [0, 0.1) is 16.7 Å². The van der Waals surface area contributed by atoms with Crippen molar-refractivity contribution in [3.8, 4) is 11.8 Å². The number of carbonyl (C=O) groups excluding carboxylic acids is 1. The Bertz CT molecular complexity index is 1490. The average molecular weight is 506 g/mol. The summed E-state index contributed by atoms with van der Waals surface area (Å²) in [5, 5.41) is 16.3. The van der Waals surface area contributed by atoms with Gasteiger partial charge in [0.2, 0.25) is 5.91 Å². The number of ether oxygens (including phenoxy) is 1. The van der Waals surface area contributed by atoms with E-state index < -0.39 is 10.8 Å². The number of nitrogens with zero attached hydrogens (tertiary/aromatic N) is 2. The number of methoxy groups -OCH3 is 1. The first-order valence-electron chi connectivity index (χ1n) is 12.5. The molecule has 4 aromatic rings. The standard InChI is InChI=1S/C31H27N3O2S/c1-30(28(35)34-29-33-21(18-37-29)17-20-11-13-22(36-2)14-12-20)15-16-31(19-32)25-9-5-3-7-23(25)27(30)24-8-4-6-10-26(24)31/h3-14,18,27H,15-17H2,1-2H3,(H,33,34,35). The average Bonchev–Trinajstić information content (AvgIpc) is 3.28. The summed E-state index contributed by atoms with van der Waals surface area (Å²) in [5.74, 6) is 0.632. The first-order valence-corrected chi connectivity index (χ1v) is 13.4. The van der Waals surface area contributed by atoms with E-state index in [2.05, 4.69) is 35.7 Å². The smallest absolute Gasteiger partial charge is 0.233 e. The molecular formula is C31H27N3O2S. The molecule has 0 spiro atoms. The number of amides is 1. The van der Waals surface area contributed by atoms with Gasteiger partial charge in [-0.15, -0.1) is 11.3 Å². The SMILES string of the molecule is COc1ccc(Cc2csc(NC(=O)C3(C)CCC4(C#N)c5ccccc5C3c3ccccc34)n2)cc1. The number of hydrogen-bond donors (Lipinski definition) is 1. The summed E-state index contributed by atoms with van der Waals surface area (Å²) in [5.41, 5.74) is 4.80. The van der Waals surface area contributed by atoms with Gasteiger partial charge in [0.25, 0.3) is 0 Å². The lowest BCUT2D eigenvalue weighted by Crippen LogP contribution is -2.39. The largest absolute Gasteiger partial charge is 0.497 e. The van der Waals surface area contributed by atoms with E-state index in [9.17, 15) is 10.1 Å². The monoisotopic (exact) mass is 505 g/mol. The predicted octanol–water partition coefficient (Wildman–Crippen LogP) is 6.44. The second-order valence-corrected chi connectivity index (χ2v) is 11.0. The molecule has 5 nitrogen and oxygen atoms in total. The quantitative estimate of drug-likeness (QED) is 0.339. The van der Waals surface area contributed by atoms with Crippen molar-refractivity contribution in [1.29, 1.82) is 5.26 Å². The Morgan fingerprint density at radius 2 is 1.70 bits per heavy atom. The minimum atomic E-state index is -0.742. The number of anilines is 1. The Kier molecular flexibility index (Phi) is 5.62. The molecule has 1 unspecified atom stereocenters. The second kappa shape index (κ2) is 8.86. The minimum absolute atomic E-state index is 0.0527. The summed E-state index contributed by atoms with van der Waals surface area (Å²) in [6.45, 7) is 2.05. The number of rotatable bonds is 5. The van der Waals surface area contributed by atoms with Gasteiger partial charge in [0.15, 0.2) is 5.13 Å². The van der Waals surface area contributed by atoms with Crippen molar-refractivity contribution in [2.75, 3.05) is 12.4 Å². The van der Waals surface area contributed by atoms with Gasteiger partial charge in [-0.05, 0) is 59.7 Å². The van der Waals surface area contributed by atoms with E-state index in [1.165, 1.54) is 11.3 Å². The van der Waals surface area contributed by atoms with Crippen LogP contribution < -0.4 is 10.1 Å². The molecule has 1 N–H and O–H groups in total. The number of benzene rings is 3. The van der Waals surface area contributed by atoms with Crippen molar-refractivity contribution in [2.24, 2.45) is 5.41 Å². The van der Waals surface area contributed by atoms with Crippen molar-refractivity contribution in [3.05, 3.63) is 112 Å². The molecule has 0 aliphatic heterocycles. The van der Waals surface area contributed by atoms with E-state index in [0.29, 0.717) is 24.4 Å². The lowest BCUT2D eigenvalue weighted by Gasteiger charge is -2.40. The molecule has 7 rings (SSSR count). The highest BCUT2D eigenvalue weighted by molar-refractivity contribution is 7.13. The molecule has 184 valence electrons. The molecule has 1 aromatic heterocycles. The van der Waals surface area contributed by atoms with Crippen LogP contribution in [0.25, 0.3) is 0 Å². The number of aromatic nitrogens is 1. The molecule has 37 heavy (non-hydrogen) atoms. The van der Waals surface area contributed by atoms with Crippen LogP contribution in [0.2, 0.25) is 0 Å². The summed E-state index contributed by atoms with van der Waals surface area (Å²) in [7, 11) is 1.65. The third-order valence-corrected chi connectivity index (χ3v) is 8.95. The highest BCUT2D eigenvalue weighted by Crippen LogP contribution is 2.60. The fourth-order valence-electron chi connectivity index (χ4n) is 6.19. The molecule has 0 saturated heterocycles. The summed E-state index contributed by atoms with van der Waals surface area (Å²) in [4.78, 5) is 18.8. The Morgan fingerprint density at radius 3 is 2.32 bits per heavy atom. The molecule has 6 heteroatoms. The van der Waals surface area contributed by atoms with E-state index in [4.69, 9.17) is 9.72 Å². The van der Waals surface area contributed by atoms with Crippen LogP contribution in [-0.2, 0) is 16.6 Å². The van der Waals surface area contributed by atoms with E-state index in [0.717, 1.165) is 39.3 Å². The molecule has 0 radical (unpaired) electrons. The van der Waals surface area contributed by atoms with Crippen LogP contribution in [0.15, 0.2) is 78.2 Å². The topological polar surface area (TPSA) is 75.0 Å². The van der Waals surface area contributed by atoms with E-state index in [1.807, 2.05) is 60.8 Å². The number of hydrogen-bond acceptors (Lipinski definition) is 5. The van der Waals surface area contributed by atoms with Gasteiger partial charge in [0.1, 0.15) is 11.2 Å². The van der Waals surface area contributed by atoms with Crippen molar-refractivity contribution >= 4 is 22.4 Å². The molecule has 0 fully saturated rings. The van der Waals surface area contributed by atoms with Gasteiger partial charge in [-0.2, -0.15) is 5.26 Å². The van der Waals surface area contributed by atoms with Crippen LogP contribution >= 0.6 is 11.3 Å². The van der Waals surface area contributed by atoms with Gasteiger partial charge in [0.05, 0.1) is 24.3 Å². The third-order valence-electron chi connectivity index (χ3n) is 8.15. The molecule has 1 amide bonds. The first-order chi connectivity index (χ1) is 18.0. The molecule has 3 aliphatic carbocycles. The second-order valence-electron chi connectivity index (χ2n) is 10.2.